The van der Waals surface area contributed by atoms with Crippen LogP contribution in [-0.4, -0.2) is 38.6 Å². The molecule has 1 unspecified atom stereocenters. The van der Waals surface area contributed by atoms with Crippen molar-refractivity contribution in [3.63, 3.8) is 0 Å². The van der Waals surface area contributed by atoms with Gasteiger partial charge in [0.25, 0.3) is 0 Å². The third kappa shape index (κ3) is 1.84. The lowest BCUT2D eigenvalue weighted by Crippen LogP contribution is -2.39. The van der Waals surface area contributed by atoms with Gasteiger partial charge in [0.2, 0.25) is 0 Å². The predicted octanol–water partition coefficient (Wildman–Crippen LogP) is 0.793. The van der Waals surface area contributed by atoms with Crippen LogP contribution < -0.4 is 0 Å². The van der Waals surface area contributed by atoms with E-state index >= 15 is 0 Å². The maximum Gasteiger partial charge on any atom is 0.327 e. The molecule has 0 saturated carbocycles. The molecular formula is C6H9NO2S2. The fourth-order valence-electron chi connectivity index (χ4n) is 0.958. The highest BCUT2D eigenvalue weighted by Gasteiger charge is 2.30. The first kappa shape index (κ1) is 8.80. The first-order chi connectivity index (χ1) is 5.13. The summed E-state index contributed by atoms with van der Waals surface area (Å²) in [5.41, 5.74) is 0. The average molecular weight is 191 g/mol. The highest BCUT2D eigenvalue weighted by Crippen LogP contribution is 2.21. The number of hydrogen-bond donors (Lipinski definition) is 1. The summed E-state index contributed by atoms with van der Waals surface area (Å²) in [6, 6.07) is -0.405. The molecule has 1 aliphatic heterocycles. The summed E-state index contributed by atoms with van der Waals surface area (Å²) >= 11 is 6.51. The van der Waals surface area contributed by atoms with E-state index in [9.17, 15) is 4.79 Å². The molecule has 1 atom stereocenters. The normalized spacial score (nSPS) is 23.7. The van der Waals surface area contributed by atoms with Crippen LogP contribution in [0.5, 0.6) is 0 Å². The van der Waals surface area contributed by atoms with Gasteiger partial charge in [-0.3, -0.25) is 0 Å². The summed E-state index contributed by atoms with van der Waals surface area (Å²) in [7, 11) is 0. The zero-order valence-corrected chi connectivity index (χ0v) is 7.74. The van der Waals surface area contributed by atoms with Gasteiger partial charge >= 0.3 is 5.97 Å². The van der Waals surface area contributed by atoms with E-state index in [2.05, 4.69) is 0 Å². The number of hydrogen-bond acceptors (Lipinski definition) is 3. The Labute approximate surface area is 74.8 Å². The molecule has 62 valence electrons. The molecule has 0 bridgehead atoms. The number of thiocarbonyl (C=S) groups is 1. The minimum Gasteiger partial charge on any atom is -0.480 e. The lowest BCUT2D eigenvalue weighted by molar-refractivity contribution is -0.140. The summed E-state index contributed by atoms with van der Waals surface area (Å²) in [6.45, 7) is 1.76. The molecule has 1 saturated heterocycles. The molecule has 1 N–H and O–H groups in total. The Balaban J connectivity index is 2.65. The third-order valence-corrected chi connectivity index (χ3v) is 2.82. The number of carboxylic acids is 1. The summed E-state index contributed by atoms with van der Waals surface area (Å²) < 4.78 is 0. The largest absolute Gasteiger partial charge is 0.480 e. The Morgan fingerprint density at radius 2 is 2.45 bits per heavy atom. The lowest BCUT2D eigenvalue weighted by atomic mass is 10.3. The molecule has 0 aromatic carbocycles. The van der Waals surface area contributed by atoms with E-state index in [0.717, 1.165) is 0 Å². The molecule has 0 aliphatic carbocycles. The Morgan fingerprint density at radius 3 is 2.82 bits per heavy atom. The second-order valence-electron chi connectivity index (χ2n) is 2.34. The van der Waals surface area contributed by atoms with Crippen molar-refractivity contribution in [2.45, 2.75) is 13.0 Å². The molecule has 0 aromatic rings. The first-order valence-corrected chi connectivity index (χ1v) is 4.77. The van der Waals surface area contributed by atoms with Gasteiger partial charge in [-0.1, -0.05) is 12.2 Å². The first-order valence-electron chi connectivity index (χ1n) is 3.20. The van der Waals surface area contributed by atoms with Crippen LogP contribution in [0, 0.1) is 0 Å². The maximum absolute atomic E-state index is 10.6. The fourth-order valence-corrected chi connectivity index (χ4v) is 2.45. The lowest BCUT2D eigenvalue weighted by Gasteiger charge is -2.20. The zero-order chi connectivity index (χ0) is 8.43. The van der Waals surface area contributed by atoms with Gasteiger partial charge in [-0.05, 0) is 6.92 Å². The Morgan fingerprint density at radius 1 is 1.82 bits per heavy atom. The van der Waals surface area contributed by atoms with Crippen LogP contribution in [0.15, 0.2) is 0 Å². The van der Waals surface area contributed by atoms with Crippen LogP contribution in [0.25, 0.3) is 0 Å². The van der Waals surface area contributed by atoms with Crippen LogP contribution in [0.3, 0.4) is 0 Å². The van der Waals surface area contributed by atoms with Gasteiger partial charge in [-0.2, -0.15) is 0 Å². The fraction of sp³-hybridized carbons (Fsp3) is 0.667. The summed E-state index contributed by atoms with van der Waals surface area (Å²) in [5.74, 6) is 0.578. The average Bonchev–Trinajstić information content (AvgIpc) is 2.32. The van der Waals surface area contributed by atoms with E-state index < -0.39 is 12.0 Å². The standard InChI is InChI=1S/C6H9NO2S2/c1-4(10)7-3-11-2-5(7)6(8)9/h5H,2-3H2,1H3,(H,8,9). The minimum absolute atomic E-state index is 0.405. The topological polar surface area (TPSA) is 40.5 Å². The Kier molecular flexibility index (Phi) is 2.72. The molecular weight excluding hydrogens is 182 g/mol. The molecule has 1 rings (SSSR count). The van der Waals surface area contributed by atoms with E-state index in [0.29, 0.717) is 16.6 Å². The molecule has 0 amide bonds. The minimum atomic E-state index is -0.779. The van der Waals surface area contributed by atoms with Gasteiger partial charge in [0.15, 0.2) is 0 Å². The van der Waals surface area contributed by atoms with Crippen molar-refractivity contribution in [3.05, 3.63) is 0 Å². The molecule has 1 fully saturated rings. The van der Waals surface area contributed by atoms with Gasteiger partial charge in [-0.25, -0.2) is 4.79 Å². The SMILES string of the molecule is CC(=S)N1CSCC1C(=O)O. The van der Waals surface area contributed by atoms with Gasteiger partial charge < -0.3 is 10.0 Å². The highest BCUT2D eigenvalue weighted by molar-refractivity contribution is 7.99. The van der Waals surface area contributed by atoms with Crippen LogP contribution in [0.4, 0.5) is 0 Å². The molecule has 0 spiro atoms. The van der Waals surface area contributed by atoms with Crippen LogP contribution in [-0.2, 0) is 4.79 Å². The van der Waals surface area contributed by atoms with Gasteiger partial charge in [0.05, 0.1) is 10.9 Å². The van der Waals surface area contributed by atoms with Gasteiger partial charge in [0, 0.05) is 5.75 Å². The van der Waals surface area contributed by atoms with Crippen molar-refractivity contribution in [2.75, 3.05) is 11.6 Å². The van der Waals surface area contributed by atoms with Gasteiger partial charge in [0.1, 0.15) is 6.04 Å². The highest BCUT2D eigenvalue weighted by atomic mass is 32.2. The quantitative estimate of drug-likeness (QED) is 0.621. The maximum atomic E-state index is 10.6. The van der Waals surface area contributed by atoms with Crippen molar-refractivity contribution in [3.8, 4) is 0 Å². The van der Waals surface area contributed by atoms with Crippen molar-refractivity contribution >= 4 is 34.9 Å². The van der Waals surface area contributed by atoms with Crippen molar-refractivity contribution in [2.24, 2.45) is 0 Å². The zero-order valence-electron chi connectivity index (χ0n) is 6.11. The van der Waals surface area contributed by atoms with Crippen LogP contribution >= 0.6 is 24.0 Å². The molecule has 1 heterocycles. The van der Waals surface area contributed by atoms with E-state index in [1.54, 1.807) is 23.6 Å². The smallest absolute Gasteiger partial charge is 0.327 e. The third-order valence-electron chi connectivity index (χ3n) is 1.57. The molecule has 11 heavy (non-hydrogen) atoms. The second kappa shape index (κ2) is 3.40. The second-order valence-corrected chi connectivity index (χ2v) is 3.93. The van der Waals surface area contributed by atoms with Crippen molar-refractivity contribution in [1.29, 1.82) is 0 Å². The van der Waals surface area contributed by atoms with Gasteiger partial charge in [-0.15, -0.1) is 11.8 Å². The summed E-state index contributed by atoms with van der Waals surface area (Å²) in [4.78, 5) is 13.0. The molecule has 1 aliphatic rings. The molecule has 3 nitrogen and oxygen atoms in total. The van der Waals surface area contributed by atoms with Crippen molar-refractivity contribution in [1.82, 2.24) is 4.90 Å². The van der Waals surface area contributed by atoms with E-state index in [-0.39, 0.29) is 0 Å². The summed E-state index contributed by atoms with van der Waals surface area (Å²) in [5, 5.41) is 8.72. The number of carbonyl (C=O) groups is 1. The van der Waals surface area contributed by atoms with E-state index in [1.807, 2.05) is 0 Å². The van der Waals surface area contributed by atoms with E-state index in [1.165, 1.54) is 0 Å². The number of nitrogens with zero attached hydrogens (tertiary/aromatic N) is 1. The molecule has 0 radical (unpaired) electrons. The number of rotatable bonds is 1. The van der Waals surface area contributed by atoms with E-state index in [4.69, 9.17) is 17.3 Å². The Hall–Kier alpha value is -0.290. The summed E-state index contributed by atoms with van der Waals surface area (Å²) in [6.07, 6.45) is 0. The van der Waals surface area contributed by atoms with Crippen LogP contribution in [0.1, 0.15) is 6.92 Å². The van der Waals surface area contributed by atoms with Crippen LogP contribution in [0.2, 0.25) is 0 Å². The van der Waals surface area contributed by atoms with Crippen molar-refractivity contribution < 1.29 is 9.90 Å². The predicted molar refractivity (Wildman–Crippen MR) is 48.9 cm³/mol. The monoisotopic (exact) mass is 191 g/mol. The molecule has 5 heteroatoms. The Bertz CT molecular complexity index is 175. The number of thioether (sulfide) groups is 1. The number of aliphatic carboxylic acids is 1. The molecule has 0 aromatic heterocycles. The number of carboxylic acid groups (broad SMARTS) is 1.